The molecule has 0 bridgehead atoms. The largest absolute Gasteiger partial charge is 0.324 e. The Balaban J connectivity index is 0.00000400. The van der Waals surface area contributed by atoms with Crippen LogP contribution in [0.1, 0.15) is 19.8 Å². The van der Waals surface area contributed by atoms with E-state index < -0.39 is 12.5 Å². The minimum absolute atomic E-state index is 0. The van der Waals surface area contributed by atoms with Crippen molar-refractivity contribution in [1.29, 1.82) is 0 Å². The first-order valence-electron chi connectivity index (χ1n) is 6.21. The Morgan fingerprint density at radius 3 is 2.71 bits per heavy atom. The number of alkyl halides is 2. The van der Waals surface area contributed by atoms with E-state index in [1.165, 1.54) is 0 Å². The van der Waals surface area contributed by atoms with Crippen LogP contribution in [0.15, 0.2) is 23.1 Å². The third-order valence-electron chi connectivity index (χ3n) is 2.51. The SMILES string of the molecule is CCCC(N)C(=O)Nc1cccc(Cl)c1SCC(F)F.Cl. The summed E-state index contributed by atoms with van der Waals surface area (Å²) in [7, 11) is 0. The summed E-state index contributed by atoms with van der Waals surface area (Å²) in [5.74, 6) is -0.721. The van der Waals surface area contributed by atoms with Gasteiger partial charge in [0, 0.05) is 4.90 Å². The Bertz CT molecular complexity index is 464. The zero-order chi connectivity index (χ0) is 15.1. The molecular formula is C13H18Cl2F2N2OS. The summed E-state index contributed by atoms with van der Waals surface area (Å²) in [5, 5.41) is 2.98. The average Bonchev–Trinajstić information content (AvgIpc) is 2.38. The number of halogens is 4. The number of benzene rings is 1. The fraction of sp³-hybridized carbons (Fsp3) is 0.462. The molecule has 1 rings (SSSR count). The fourth-order valence-corrected chi connectivity index (χ4v) is 2.68. The summed E-state index contributed by atoms with van der Waals surface area (Å²) in [5.41, 5.74) is 6.13. The van der Waals surface area contributed by atoms with E-state index in [1.807, 2.05) is 6.92 Å². The van der Waals surface area contributed by atoms with Gasteiger partial charge in [0.2, 0.25) is 12.3 Å². The van der Waals surface area contributed by atoms with Crippen LogP contribution in [-0.4, -0.2) is 24.1 Å². The van der Waals surface area contributed by atoms with Gasteiger partial charge < -0.3 is 11.1 Å². The van der Waals surface area contributed by atoms with E-state index >= 15 is 0 Å². The summed E-state index contributed by atoms with van der Waals surface area (Å²) in [6, 6.07) is 4.25. The lowest BCUT2D eigenvalue weighted by molar-refractivity contribution is -0.117. The number of hydrogen-bond donors (Lipinski definition) is 2. The van der Waals surface area contributed by atoms with Crippen molar-refractivity contribution in [2.75, 3.05) is 11.1 Å². The molecule has 1 atom stereocenters. The topological polar surface area (TPSA) is 55.1 Å². The molecule has 1 aromatic rings. The zero-order valence-electron chi connectivity index (χ0n) is 11.4. The van der Waals surface area contributed by atoms with Crippen LogP contribution < -0.4 is 11.1 Å². The Morgan fingerprint density at radius 1 is 1.48 bits per heavy atom. The van der Waals surface area contributed by atoms with Gasteiger partial charge in [-0.1, -0.05) is 31.0 Å². The maximum atomic E-state index is 12.3. The highest BCUT2D eigenvalue weighted by Crippen LogP contribution is 2.35. The van der Waals surface area contributed by atoms with Gasteiger partial charge in [-0.05, 0) is 18.6 Å². The maximum absolute atomic E-state index is 12.3. The van der Waals surface area contributed by atoms with Gasteiger partial charge in [-0.3, -0.25) is 4.79 Å². The van der Waals surface area contributed by atoms with Crippen LogP contribution in [0.2, 0.25) is 5.02 Å². The Labute approximate surface area is 138 Å². The van der Waals surface area contributed by atoms with Gasteiger partial charge in [-0.15, -0.1) is 24.2 Å². The van der Waals surface area contributed by atoms with Crippen LogP contribution in [0.5, 0.6) is 0 Å². The molecule has 0 saturated heterocycles. The number of hydrogen-bond acceptors (Lipinski definition) is 3. The molecule has 0 aliphatic heterocycles. The molecule has 0 aliphatic carbocycles. The maximum Gasteiger partial charge on any atom is 0.247 e. The molecule has 1 aromatic carbocycles. The van der Waals surface area contributed by atoms with Crippen molar-refractivity contribution in [2.45, 2.75) is 37.1 Å². The summed E-state index contributed by atoms with van der Waals surface area (Å²) in [6.07, 6.45) is -1.09. The number of anilines is 1. The molecule has 21 heavy (non-hydrogen) atoms. The highest BCUT2D eigenvalue weighted by molar-refractivity contribution is 7.99. The lowest BCUT2D eigenvalue weighted by atomic mass is 10.1. The monoisotopic (exact) mass is 358 g/mol. The number of rotatable bonds is 7. The molecule has 3 nitrogen and oxygen atoms in total. The normalized spacial score (nSPS) is 11.9. The minimum atomic E-state index is -2.44. The number of nitrogens with two attached hydrogens (primary N) is 1. The Kier molecular flexibility index (Phi) is 9.94. The molecule has 1 unspecified atom stereocenters. The quantitative estimate of drug-likeness (QED) is 0.718. The molecule has 0 heterocycles. The molecule has 1 amide bonds. The summed E-state index contributed by atoms with van der Waals surface area (Å²) < 4.78 is 24.6. The Hall–Kier alpha value is -0.560. The van der Waals surface area contributed by atoms with Gasteiger partial charge >= 0.3 is 0 Å². The molecule has 0 aromatic heterocycles. The number of nitrogens with one attached hydrogen (secondary N) is 1. The van der Waals surface area contributed by atoms with Crippen LogP contribution in [-0.2, 0) is 4.79 Å². The second kappa shape index (κ2) is 10.2. The molecule has 120 valence electrons. The Morgan fingerprint density at radius 2 is 2.14 bits per heavy atom. The molecule has 0 fully saturated rings. The van der Waals surface area contributed by atoms with E-state index in [-0.39, 0.29) is 24.1 Å². The highest BCUT2D eigenvalue weighted by atomic mass is 35.5. The van der Waals surface area contributed by atoms with E-state index in [4.69, 9.17) is 17.3 Å². The average molecular weight is 359 g/mol. The van der Waals surface area contributed by atoms with Gasteiger partial charge in [-0.25, -0.2) is 8.78 Å². The van der Waals surface area contributed by atoms with Crippen molar-refractivity contribution in [1.82, 2.24) is 0 Å². The van der Waals surface area contributed by atoms with Crippen LogP contribution in [0.4, 0.5) is 14.5 Å². The summed E-state index contributed by atoms with van der Waals surface area (Å²) in [4.78, 5) is 12.3. The van der Waals surface area contributed by atoms with E-state index in [9.17, 15) is 13.6 Å². The van der Waals surface area contributed by atoms with E-state index in [0.717, 1.165) is 18.2 Å². The van der Waals surface area contributed by atoms with Crippen molar-refractivity contribution < 1.29 is 13.6 Å². The third kappa shape index (κ3) is 6.82. The molecule has 0 radical (unpaired) electrons. The second-order valence-electron chi connectivity index (χ2n) is 4.20. The fourth-order valence-electron chi connectivity index (χ4n) is 1.57. The van der Waals surface area contributed by atoms with E-state index in [2.05, 4.69) is 5.32 Å². The van der Waals surface area contributed by atoms with Crippen LogP contribution in [0.3, 0.4) is 0 Å². The van der Waals surface area contributed by atoms with Gasteiger partial charge in [0.1, 0.15) is 0 Å². The van der Waals surface area contributed by atoms with Gasteiger partial charge in [-0.2, -0.15) is 0 Å². The van der Waals surface area contributed by atoms with Crippen LogP contribution >= 0.6 is 35.8 Å². The summed E-state index contributed by atoms with van der Waals surface area (Å²) in [6.45, 7) is 1.93. The van der Waals surface area contributed by atoms with Gasteiger partial charge in [0.15, 0.2) is 0 Å². The van der Waals surface area contributed by atoms with Crippen molar-refractivity contribution in [3.05, 3.63) is 23.2 Å². The first-order valence-corrected chi connectivity index (χ1v) is 7.58. The van der Waals surface area contributed by atoms with Crippen molar-refractivity contribution in [3.8, 4) is 0 Å². The van der Waals surface area contributed by atoms with Crippen molar-refractivity contribution in [2.24, 2.45) is 5.73 Å². The van der Waals surface area contributed by atoms with Crippen molar-refractivity contribution in [3.63, 3.8) is 0 Å². The van der Waals surface area contributed by atoms with Crippen molar-refractivity contribution >= 4 is 47.4 Å². The number of amides is 1. The minimum Gasteiger partial charge on any atom is -0.324 e. The van der Waals surface area contributed by atoms with E-state index in [1.54, 1.807) is 18.2 Å². The number of carbonyl (C=O) groups is 1. The predicted octanol–water partition coefficient (Wildman–Crippen LogP) is 4.18. The predicted molar refractivity (Wildman–Crippen MR) is 86.9 cm³/mol. The second-order valence-corrected chi connectivity index (χ2v) is 5.64. The van der Waals surface area contributed by atoms with Crippen LogP contribution in [0.25, 0.3) is 0 Å². The number of carbonyl (C=O) groups excluding carboxylic acids is 1. The summed E-state index contributed by atoms with van der Waals surface area (Å²) >= 11 is 6.90. The first kappa shape index (κ1) is 20.4. The first-order chi connectivity index (χ1) is 9.45. The molecule has 0 aliphatic rings. The molecular weight excluding hydrogens is 341 g/mol. The van der Waals surface area contributed by atoms with E-state index in [0.29, 0.717) is 22.0 Å². The lowest BCUT2D eigenvalue weighted by Crippen LogP contribution is -2.35. The molecule has 0 saturated carbocycles. The lowest BCUT2D eigenvalue weighted by Gasteiger charge is -2.15. The third-order valence-corrected chi connectivity index (χ3v) is 4.09. The highest BCUT2D eigenvalue weighted by Gasteiger charge is 2.16. The van der Waals surface area contributed by atoms with Gasteiger partial charge in [0.05, 0.1) is 22.5 Å². The van der Waals surface area contributed by atoms with Gasteiger partial charge in [0.25, 0.3) is 0 Å². The molecule has 8 heteroatoms. The zero-order valence-corrected chi connectivity index (χ0v) is 13.8. The van der Waals surface area contributed by atoms with Crippen LogP contribution in [0, 0.1) is 0 Å². The smallest absolute Gasteiger partial charge is 0.247 e. The number of thioether (sulfide) groups is 1. The molecule has 0 spiro atoms. The standard InChI is InChI=1S/C13H17ClF2N2OS.ClH/c1-2-4-9(17)13(19)18-10-6-3-5-8(14)12(10)20-7-11(15)16;/h3,5-6,9,11H,2,4,7,17H2,1H3,(H,18,19);1H. The molecule has 3 N–H and O–H groups in total.